The van der Waals surface area contributed by atoms with Crippen LogP contribution < -0.4 is 5.32 Å². The van der Waals surface area contributed by atoms with Crippen LogP contribution >= 0.6 is 0 Å². The second kappa shape index (κ2) is 11.6. The fraction of sp³-hybridized carbons (Fsp3) is 0.267. The van der Waals surface area contributed by atoms with Crippen LogP contribution in [-0.4, -0.2) is 79.6 Å². The fourth-order valence-electron chi connectivity index (χ4n) is 5.51. The lowest BCUT2D eigenvalue weighted by Crippen LogP contribution is -2.44. The number of aromatic nitrogens is 5. The van der Waals surface area contributed by atoms with Crippen molar-refractivity contribution in [2.24, 2.45) is 0 Å². The Morgan fingerprint density at radius 3 is 2.53 bits per heavy atom. The van der Waals surface area contributed by atoms with Gasteiger partial charge in [-0.3, -0.25) is 19.1 Å². The van der Waals surface area contributed by atoms with Crippen molar-refractivity contribution >= 4 is 49.7 Å². The molecular weight excluding hydrogens is 646 g/mol. The second-order valence-electron chi connectivity index (χ2n) is 11.1. The van der Waals surface area contributed by atoms with Crippen molar-refractivity contribution < 1.29 is 40.4 Å². The number of Topliss-reactive ketones (excluding diaryl/α,β-unsaturated/α-hetero) is 1. The number of hydrogen-bond acceptors (Lipinski definition) is 8. The largest absolute Gasteiger partial charge is 0.501 e. The molecule has 0 unspecified atom stereocenters. The summed E-state index contributed by atoms with van der Waals surface area (Å²) in [5.74, 6) is -1.99. The Morgan fingerprint density at radius 2 is 1.81 bits per heavy atom. The van der Waals surface area contributed by atoms with Crippen molar-refractivity contribution in [2.45, 2.75) is 49.4 Å². The quantitative estimate of drug-likeness (QED) is 0.201. The van der Waals surface area contributed by atoms with Gasteiger partial charge in [-0.15, -0.1) is 0 Å². The molecule has 2 aromatic carbocycles. The average Bonchev–Trinajstić information content (AvgIpc) is 3.70. The van der Waals surface area contributed by atoms with E-state index in [0.29, 0.717) is 33.7 Å². The Kier molecular flexibility index (Phi) is 7.81. The first-order valence-electron chi connectivity index (χ1n) is 14.1. The minimum absolute atomic E-state index is 0.0893. The van der Waals surface area contributed by atoms with Gasteiger partial charge in [-0.05, 0) is 42.8 Å². The maximum Gasteiger partial charge on any atom is 0.501 e. The molecule has 1 fully saturated rings. The van der Waals surface area contributed by atoms with Crippen LogP contribution in [0.5, 0.6) is 0 Å². The highest BCUT2D eigenvalue weighted by atomic mass is 32.2. The first kappa shape index (κ1) is 31.8. The van der Waals surface area contributed by atoms with Gasteiger partial charge < -0.3 is 10.2 Å². The molecule has 0 aliphatic carbocycles. The summed E-state index contributed by atoms with van der Waals surface area (Å²) in [5, 5.41) is 11.5. The summed E-state index contributed by atoms with van der Waals surface area (Å²) in [4.78, 5) is 43.4. The van der Waals surface area contributed by atoms with Crippen LogP contribution in [0.4, 0.5) is 23.2 Å². The number of nitrogens with one attached hydrogen (secondary N) is 1. The van der Waals surface area contributed by atoms with Gasteiger partial charge in [-0.2, -0.15) is 23.4 Å². The smallest absolute Gasteiger partial charge is 0.326 e. The van der Waals surface area contributed by atoms with E-state index in [1.807, 2.05) is 13.0 Å². The van der Waals surface area contributed by atoms with E-state index in [0.717, 1.165) is 22.7 Å². The van der Waals surface area contributed by atoms with E-state index in [1.54, 1.807) is 35.1 Å². The van der Waals surface area contributed by atoms with Gasteiger partial charge in [-0.1, -0.05) is 12.1 Å². The van der Waals surface area contributed by atoms with Crippen LogP contribution in [0.1, 0.15) is 29.5 Å². The predicted octanol–water partition coefficient (Wildman–Crippen LogP) is 4.13. The molecule has 0 radical (unpaired) electrons. The Morgan fingerprint density at radius 1 is 1.04 bits per heavy atom. The molecule has 0 bridgehead atoms. The van der Waals surface area contributed by atoms with Crippen molar-refractivity contribution in [3.8, 4) is 11.1 Å². The molecule has 4 heterocycles. The standard InChI is InChI=1S/C30H25F4N7O5S/c1-16-8-26-35-12-19(13-41(26)37-16)18-6-7-24-23(9-18)28(17(2)42)38-40(24)15-27(43)39-14-20(31)10-25(39)29(44)36-21-4-3-5-22(11-21)47(45,46)30(32,33)34/h3-9,11-13,20,25H,10,14-15H2,1-2H3,(H,36,44)/t20-,25+/m1/s1. The first-order valence-corrected chi connectivity index (χ1v) is 15.6. The SMILES string of the molecule is CC(=O)c1nn(CC(=O)N2C[C@H](F)C[C@H]2C(=O)Nc2cccc(S(=O)(=O)C(F)(F)F)c2)c2ccc(-c3cnc4cc(C)nn4c3)cc12. The number of carbonyl (C=O) groups excluding carboxylic acids is 3. The maximum atomic E-state index is 14.6. The third-order valence-electron chi connectivity index (χ3n) is 7.73. The van der Waals surface area contributed by atoms with Gasteiger partial charge in [0.2, 0.25) is 11.8 Å². The molecule has 244 valence electrons. The number of carbonyl (C=O) groups is 3. The lowest BCUT2D eigenvalue weighted by atomic mass is 10.0. The van der Waals surface area contributed by atoms with Gasteiger partial charge in [0.15, 0.2) is 11.4 Å². The molecule has 2 atom stereocenters. The minimum Gasteiger partial charge on any atom is -0.326 e. The molecule has 1 aliphatic rings. The Bertz CT molecular complexity index is 2200. The Hall–Kier alpha value is -5.19. The molecule has 1 saturated heterocycles. The van der Waals surface area contributed by atoms with Gasteiger partial charge in [0.25, 0.3) is 9.84 Å². The highest BCUT2D eigenvalue weighted by Crippen LogP contribution is 2.32. The summed E-state index contributed by atoms with van der Waals surface area (Å²) >= 11 is 0. The number of fused-ring (bicyclic) bond motifs is 2. The molecule has 2 amide bonds. The van der Waals surface area contributed by atoms with Crippen molar-refractivity contribution in [2.75, 3.05) is 11.9 Å². The van der Waals surface area contributed by atoms with Crippen LogP contribution in [0.25, 0.3) is 27.7 Å². The van der Waals surface area contributed by atoms with E-state index < -0.39 is 63.8 Å². The van der Waals surface area contributed by atoms with E-state index in [9.17, 15) is 40.4 Å². The van der Waals surface area contributed by atoms with Crippen LogP contribution in [0.3, 0.4) is 0 Å². The molecule has 17 heteroatoms. The molecule has 1 aliphatic heterocycles. The third-order valence-corrected chi connectivity index (χ3v) is 9.21. The topological polar surface area (TPSA) is 149 Å². The summed E-state index contributed by atoms with van der Waals surface area (Å²) in [6.07, 6.45) is 1.47. The summed E-state index contributed by atoms with van der Waals surface area (Å²) in [5.41, 5.74) is -2.46. The van der Waals surface area contributed by atoms with Crippen molar-refractivity contribution in [1.82, 2.24) is 29.3 Å². The third kappa shape index (κ3) is 5.93. The second-order valence-corrected chi connectivity index (χ2v) is 13.0. The number of benzene rings is 2. The minimum atomic E-state index is -5.69. The molecule has 5 aromatic rings. The summed E-state index contributed by atoms with van der Waals surface area (Å²) < 4.78 is 80.2. The number of rotatable bonds is 7. The number of hydrogen-bond donors (Lipinski definition) is 1. The predicted molar refractivity (Wildman–Crippen MR) is 160 cm³/mol. The fourth-order valence-corrected chi connectivity index (χ4v) is 6.32. The van der Waals surface area contributed by atoms with Crippen molar-refractivity contribution in [3.63, 3.8) is 0 Å². The molecule has 1 N–H and O–H groups in total. The Labute approximate surface area is 263 Å². The molecule has 0 spiro atoms. The number of likely N-dealkylation sites (tertiary alicyclic amines) is 1. The van der Waals surface area contributed by atoms with Gasteiger partial charge in [-0.25, -0.2) is 22.3 Å². The highest BCUT2D eigenvalue weighted by Gasteiger charge is 2.47. The molecule has 12 nitrogen and oxygen atoms in total. The van der Waals surface area contributed by atoms with Gasteiger partial charge in [0, 0.05) is 48.4 Å². The van der Waals surface area contributed by atoms with Crippen LogP contribution in [0, 0.1) is 6.92 Å². The van der Waals surface area contributed by atoms with Crippen LogP contribution in [-0.2, 0) is 26.0 Å². The lowest BCUT2D eigenvalue weighted by Gasteiger charge is -2.24. The van der Waals surface area contributed by atoms with E-state index >= 15 is 0 Å². The van der Waals surface area contributed by atoms with Gasteiger partial charge in [0.1, 0.15) is 24.5 Å². The normalized spacial score (nSPS) is 17.0. The van der Waals surface area contributed by atoms with Crippen molar-refractivity contribution in [1.29, 1.82) is 0 Å². The summed E-state index contributed by atoms with van der Waals surface area (Å²) in [6.45, 7) is 2.27. The number of anilines is 1. The zero-order valence-electron chi connectivity index (χ0n) is 24.7. The lowest BCUT2D eigenvalue weighted by molar-refractivity contribution is -0.137. The number of ketones is 1. The van der Waals surface area contributed by atoms with E-state index in [2.05, 4.69) is 20.5 Å². The molecular formula is C30H25F4N7O5S. The number of nitrogens with zero attached hydrogens (tertiary/aromatic N) is 6. The summed E-state index contributed by atoms with van der Waals surface area (Å²) in [7, 11) is -5.69. The van der Waals surface area contributed by atoms with Gasteiger partial charge >= 0.3 is 5.51 Å². The number of aryl methyl sites for hydroxylation is 1. The van der Waals surface area contributed by atoms with Gasteiger partial charge in [0.05, 0.1) is 22.7 Å². The number of alkyl halides is 4. The maximum absolute atomic E-state index is 14.6. The summed E-state index contributed by atoms with van der Waals surface area (Å²) in [6, 6.07) is 9.16. The van der Waals surface area contributed by atoms with Crippen molar-refractivity contribution in [3.05, 3.63) is 72.3 Å². The molecule has 47 heavy (non-hydrogen) atoms. The molecule has 6 rings (SSSR count). The number of sulfone groups is 1. The zero-order chi connectivity index (χ0) is 33.8. The number of halogens is 4. The highest BCUT2D eigenvalue weighted by molar-refractivity contribution is 7.92. The van der Waals surface area contributed by atoms with E-state index in [1.165, 1.54) is 17.7 Å². The van der Waals surface area contributed by atoms with Crippen LogP contribution in [0.15, 0.2) is 65.8 Å². The average molecular weight is 672 g/mol. The molecule has 0 saturated carbocycles. The Balaban J connectivity index is 1.25. The number of amides is 2. The monoisotopic (exact) mass is 671 g/mol. The van der Waals surface area contributed by atoms with E-state index in [4.69, 9.17) is 0 Å². The first-order chi connectivity index (χ1) is 22.1. The van der Waals surface area contributed by atoms with Crippen LogP contribution in [0.2, 0.25) is 0 Å². The molecule has 3 aromatic heterocycles. The zero-order valence-corrected chi connectivity index (χ0v) is 25.5. The van der Waals surface area contributed by atoms with E-state index in [-0.39, 0.29) is 17.2 Å².